The molecule has 0 spiro atoms. The average Bonchev–Trinajstić information content (AvgIpc) is 2.78. The summed E-state index contributed by atoms with van der Waals surface area (Å²) in [5, 5.41) is 5.32. The maximum Gasteiger partial charge on any atom is 0.325 e. The summed E-state index contributed by atoms with van der Waals surface area (Å²) in [7, 11) is 0. The van der Waals surface area contributed by atoms with E-state index < -0.39 is 5.97 Å². The fourth-order valence-electron chi connectivity index (χ4n) is 2.67. The zero-order chi connectivity index (χ0) is 13.8. The molecule has 0 radical (unpaired) electrons. The summed E-state index contributed by atoms with van der Waals surface area (Å²) in [5.74, 6) is -0.542. The van der Waals surface area contributed by atoms with Gasteiger partial charge < -0.3 is 20.3 Å². The van der Waals surface area contributed by atoms with Crippen molar-refractivity contribution >= 4 is 17.9 Å². The lowest BCUT2D eigenvalue weighted by molar-refractivity contribution is -0.141. The molecule has 2 unspecified atom stereocenters. The highest BCUT2D eigenvalue weighted by Gasteiger charge is 2.42. The van der Waals surface area contributed by atoms with Crippen LogP contribution in [0, 0.1) is 5.92 Å². The topological polar surface area (TPSA) is 87.7 Å². The molecule has 7 nitrogen and oxygen atoms in total. The Bertz CT molecular complexity index is 385. The predicted molar refractivity (Wildman–Crippen MR) is 66.3 cm³/mol. The quantitative estimate of drug-likeness (QED) is 0.674. The first-order valence-electron chi connectivity index (χ1n) is 6.61. The van der Waals surface area contributed by atoms with Crippen LogP contribution in [-0.4, -0.2) is 55.1 Å². The lowest BCUT2D eigenvalue weighted by Crippen LogP contribution is -2.53. The molecule has 2 rings (SSSR count). The van der Waals surface area contributed by atoms with Crippen LogP contribution in [0.25, 0.3) is 0 Å². The minimum atomic E-state index is -0.454. The lowest BCUT2D eigenvalue weighted by atomic mass is 9.92. The number of hydrogen-bond acceptors (Lipinski definition) is 4. The van der Waals surface area contributed by atoms with E-state index in [4.69, 9.17) is 4.74 Å². The largest absolute Gasteiger partial charge is 0.465 e. The Morgan fingerprint density at radius 3 is 3.05 bits per heavy atom. The fraction of sp³-hybridized carbons (Fsp3) is 0.750. The molecule has 2 aliphatic rings. The van der Waals surface area contributed by atoms with Gasteiger partial charge in [0, 0.05) is 13.1 Å². The zero-order valence-electron chi connectivity index (χ0n) is 11.0. The number of carbonyl (C=O) groups excluding carboxylic acids is 3. The van der Waals surface area contributed by atoms with Gasteiger partial charge in [0.05, 0.1) is 18.6 Å². The Morgan fingerprint density at radius 2 is 2.32 bits per heavy atom. The molecule has 0 aromatic carbocycles. The fourth-order valence-corrected chi connectivity index (χ4v) is 2.67. The number of rotatable bonds is 3. The van der Waals surface area contributed by atoms with Crippen molar-refractivity contribution in [3.63, 3.8) is 0 Å². The Kier molecular flexibility index (Phi) is 4.24. The lowest BCUT2D eigenvalue weighted by Gasteiger charge is -2.35. The standard InChI is InChI=1S/C12H19N3O4/c1-2-19-10(16)7-14-12(18)15-5-3-4-8-9(15)6-13-11(8)17/h8-9H,2-7H2,1H3,(H,13,17)(H,14,18). The third-order valence-electron chi connectivity index (χ3n) is 3.55. The van der Waals surface area contributed by atoms with E-state index in [1.165, 1.54) is 0 Å². The van der Waals surface area contributed by atoms with E-state index in [9.17, 15) is 14.4 Å². The van der Waals surface area contributed by atoms with Crippen molar-refractivity contribution in [2.24, 2.45) is 5.92 Å². The molecule has 0 aromatic heterocycles. The van der Waals surface area contributed by atoms with E-state index in [0.29, 0.717) is 19.7 Å². The average molecular weight is 269 g/mol. The first-order chi connectivity index (χ1) is 9.13. The molecule has 2 fully saturated rings. The van der Waals surface area contributed by atoms with Crippen molar-refractivity contribution in [2.75, 3.05) is 26.2 Å². The van der Waals surface area contributed by atoms with Crippen LogP contribution in [-0.2, 0) is 14.3 Å². The molecule has 2 N–H and O–H groups in total. The van der Waals surface area contributed by atoms with E-state index in [0.717, 1.165) is 12.8 Å². The summed E-state index contributed by atoms with van der Waals surface area (Å²) in [4.78, 5) is 36.4. The summed E-state index contributed by atoms with van der Waals surface area (Å²) in [6.07, 6.45) is 1.62. The number of fused-ring (bicyclic) bond motifs is 1. The maximum absolute atomic E-state index is 12.0. The minimum Gasteiger partial charge on any atom is -0.465 e. The van der Waals surface area contributed by atoms with E-state index >= 15 is 0 Å². The predicted octanol–water partition coefficient (Wildman–Crippen LogP) is -0.530. The van der Waals surface area contributed by atoms with Gasteiger partial charge in [-0.25, -0.2) is 4.79 Å². The first-order valence-corrected chi connectivity index (χ1v) is 6.61. The summed E-state index contributed by atoms with van der Waals surface area (Å²) in [5.41, 5.74) is 0. The summed E-state index contributed by atoms with van der Waals surface area (Å²) in [6, 6.07) is -0.400. The molecular weight excluding hydrogens is 250 g/mol. The Labute approximate surface area is 111 Å². The van der Waals surface area contributed by atoms with Crippen LogP contribution in [0.5, 0.6) is 0 Å². The molecule has 0 aromatic rings. The zero-order valence-corrected chi connectivity index (χ0v) is 11.0. The second-order valence-corrected chi connectivity index (χ2v) is 4.72. The van der Waals surface area contributed by atoms with Crippen LogP contribution in [0.1, 0.15) is 19.8 Å². The molecule has 2 aliphatic heterocycles. The molecule has 2 saturated heterocycles. The summed E-state index contributed by atoms with van der Waals surface area (Å²) in [6.45, 7) is 2.98. The second kappa shape index (κ2) is 5.90. The molecule has 106 valence electrons. The Morgan fingerprint density at radius 1 is 1.53 bits per heavy atom. The van der Waals surface area contributed by atoms with Crippen LogP contribution in [0.4, 0.5) is 4.79 Å². The number of amides is 3. The van der Waals surface area contributed by atoms with E-state index in [-0.39, 0.29) is 30.4 Å². The van der Waals surface area contributed by atoms with E-state index in [1.807, 2.05) is 0 Å². The van der Waals surface area contributed by atoms with Crippen molar-refractivity contribution < 1.29 is 19.1 Å². The monoisotopic (exact) mass is 269 g/mol. The minimum absolute atomic E-state index is 0.0212. The number of ether oxygens (including phenoxy) is 1. The SMILES string of the molecule is CCOC(=O)CNC(=O)N1CCCC2C(=O)NCC21. The van der Waals surface area contributed by atoms with E-state index in [2.05, 4.69) is 10.6 Å². The van der Waals surface area contributed by atoms with Crippen LogP contribution in [0.15, 0.2) is 0 Å². The number of esters is 1. The van der Waals surface area contributed by atoms with Gasteiger partial charge in [-0.05, 0) is 19.8 Å². The number of carbonyl (C=O) groups is 3. The van der Waals surface area contributed by atoms with Gasteiger partial charge in [0.2, 0.25) is 5.91 Å². The highest BCUT2D eigenvalue weighted by molar-refractivity contribution is 5.85. The van der Waals surface area contributed by atoms with Gasteiger partial charge in [-0.1, -0.05) is 0 Å². The molecule has 19 heavy (non-hydrogen) atoms. The molecule has 0 aliphatic carbocycles. The number of nitrogens with one attached hydrogen (secondary N) is 2. The van der Waals surface area contributed by atoms with Crippen molar-refractivity contribution in [3.05, 3.63) is 0 Å². The Balaban J connectivity index is 1.88. The molecule has 0 saturated carbocycles. The number of urea groups is 1. The number of hydrogen-bond donors (Lipinski definition) is 2. The number of nitrogens with zero attached hydrogens (tertiary/aromatic N) is 1. The van der Waals surface area contributed by atoms with Crippen molar-refractivity contribution in [3.8, 4) is 0 Å². The molecular formula is C12H19N3O4. The molecule has 3 amide bonds. The first kappa shape index (κ1) is 13.6. The van der Waals surface area contributed by atoms with Crippen molar-refractivity contribution in [1.82, 2.24) is 15.5 Å². The highest BCUT2D eigenvalue weighted by Crippen LogP contribution is 2.27. The highest BCUT2D eigenvalue weighted by atomic mass is 16.5. The Hall–Kier alpha value is -1.79. The van der Waals surface area contributed by atoms with Crippen molar-refractivity contribution in [1.29, 1.82) is 0 Å². The van der Waals surface area contributed by atoms with Gasteiger partial charge in [0.15, 0.2) is 0 Å². The van der Waals surface area contributed by atoms with Crippen molar-refractivity contribution in [2.45, 2.75) is 25.8 Å². The molecule has 7 heteroatoms. The summed E-state index contributed by atoms with van der Waals surface area (Å²) >= 11 is 0. The van der Waals surface area contributed by atoms with Gasteiger partial charge >= 0.3 is 12.0 Å². The summed E-state index contributed by atoms with van der Waals surface area (Å²) < 4.78 is 4.74. The second-order valence-electron chi connectivity index (χ2n) is 4.72. The smallest absolute Gasteiger partial charge is 0.325 e. The third kappa shape index (κ3) is 2.97. The van der Waals surface area contributed by atoms with Gasteiger partial charge in [-0.3, -0.25) is 9.59 Å². The normalized spacial score (nSPS) is 25.5. The molecule has 2 heterocycles. The van der Waals surface area contributed by atoms with E-state index in [1.54, 1.807) is 11.8 Å². The third-order valence-corrected chi connectivity index (χ3v) is 3.55. The number of piperidine rings is 1. The van der Waals surface area contributed by atoms with Gasteiger partial charge in [-0.2, -0.15) is 0 Å². The van der Waals surface area contributed by atoms with Crippen LogP contribution >= 0.6 is 0 Å². The molecule has 0 bridgehead atoms. The number of likely N-dealkylation sites (tertiary alicyclic amines) is 1. The van der Waals surface area contributed by atoms with Gasteiger partial charge in [0.1, 0.15) is 6.54 Å². The van der Waals surface area contributed by atoms with Crippen LogP contribution < -0.4 is 10.6 Å². The maximum atomic E-state index is 12.0. The van der Waals surface area contributed by atoms with Crippen LogP contribution in [0.3, 0.4) is 0 Å². The van der Waals surface area contributed by atoms with Gasteiger partial charge in [0.25, 0.3) is 0 Å². The molecule has 2 atom stereocenters. The van der Waals surface area contributed by atoms with Gasteiger partial charge in [-0.15, -0.1) is 0 Å². The van der Waals surface area contributed by atoms with Crippen LogP contribution in [0.2, 0.25) is 0 Å².